The Balaban J connectivity index is 2.88. The number of methoxy groups -OCH3 is 1. The maximum absolute atomic E-state index is 11.4. The van der Waals surface area contributed by atoms with Crippen LogP contribution in [-0.4, -0.2) is 18.6 Å². The summed E-state index contributed by atoms with van der Waals surface area (Å²) in [7, 11) is 1.35. The zero-order valence-electron chi connectivity index (χ0n) is 9.30. The van der Waals surface area contributed by atoms with Crippen molar-refractivity contribution in [1.29, 1.82) is 0 Å². The van der Waals surface area contributed by atoms with Gasteiger partial charge in [-0.2, -0.15) is 0 Å². The number of carbonyl (C=O) groups is 1. The van der Waals surface area contributed by atoms with E-state index in [9.17, 15) is 4.79 Å². The molecule has 1 N–H and O–H groups in total. The van der Waals surface area contributed by atoms with Crippen molar-refractivity contribution < 1.29 is 9.53 Å². The van der Waals surface area contributed by atoms with Crippen LogP contribution in [0.4, 0.5) is 5.69 Å². The molecular weight excluding hydrogens is 249 g/mol. The Labute approximate surface area is 105 Å². The second kappa shape index (κ2) is 4.93. The summed E-state index contributed by atoms with van der Waals surface area (Å²) in [6, 6.07) is 5.08. The van der Waals surface area contributed by atoms with E-state index in [4.69, 9.17) is 23.2 Å². The van der Waals surface area contributed by atoms with E-state index in [1.165, 1.54) is 7.11 Å². The molecule has 0 saturated heterocycles. The zero-order valence-corrected chi connectivity index (χ0v) is 10.8. The summed E-state index contributed by atoms with van der Waals surface area (Å²) in [5.41, 5.74) is -0.101. The normalized spacial score (nSPS) is 11.1. The summed E-state index contributed by atoms with van der Waals surface area (Å²) in [6.45, 7) is 3.45. The molecule has 1 aromatic carbocycles. The van der Waals surface area contributed by atoms with Gasteiger partial charge in [0, 0.05) is 5.69 Å². The van der Waals surface area contributed by atoms with Crippen molar-refractivity contribution in [3.05, 3.63) is 28.2 Å². The van der Waals surface area contributed by atoms with Gasteiger partial charge in [-0.15, -0.1) is 0 Å². The van der Waals surface area contributed by atoms with Crippen LogP contribution in [-0.2, 0) is 9.53 Å². The molecule has 1 rings (SSSR count). The highest BCUT2D eigenvalue weighted by Gasteiger charge is 2.28. The molecule has 0 fully saturated rings. The molecule has 5 heteroatoms. The Bertz CT molecular complexity index is 405. The standard InChI is InChI=1S/C11H13Cl2NO2/c1-11(2,10(15)16-3)14-7-4-5-8(12)9(13)6-7/h4-6,14H,1-3H3. The van der Waals surface area contributed by atoms with Gasteiger partial charge < -0.3 is 10.1 Å². The molecule has 88 valence electrons. The smallest absolute Gasteiger partial charge is 0.330 e. The van der Waals surface area contributed by atoms with Gasteiger partial charge in [0.25, 0.3) is 0 Å². The number of ether oxygens (including phenoxy) is 1. The van der Waals surface area contributed by atoms with Crippen LogP contribution in [0.15, 0.2) is 18.2 Å². The third-order valence-corrected chi connectivity index (χ3v) is 2.81. The second-order valence-corrected chi connectivity index (χ2v) is 4.68. The summed E-state index contributed by atoms with van der Waals surface area (Å²) in [5.74, 6) is -0.349. The summed E-state index contributed by atoms with van der Waals surface area (Å²) in [4.78, 5) is 11.4. The van der Waals surface area contributed by atoms with E-state index in [0.717, 1.165) is 0 Å². The number of rotatable bonds is 3. The average Bonchev–Trinajstić information content (AvgIpc) is 2.22. The van der Waals surface area contributed by atoms with Gasteiger partial charge in [0.15, 0.2) is 0 Å². The third kappa shape index (κ3) is 3.03. The summed E-state index contributed by atoms with van der Waals surface area (Å²) in [5, 5.41) is 3.93. The van der Waals surface area contributed by atoms with E-state index in [1.807, 2.05) is 0 Å². The number of esters is 1. The minimum absolute atomic E-state index is 0.349. The molecule has 0 aliphatic carbocycles. The minimum Gasteiger partial charge on any atom is -0.467 e. The average molecular weight is 262 g/mol. The Hall–Kier alpha value is -0.930. The highest BCUT2D eigenvalue weighted by molar-refractivity contribution is 6.42. The number of hydrogen-bond acceptors (Lipinski definition) is 3. The highest BCUT2D eigenvalue weighted by atomic mass is 35.5. The van der Waals surface area contributed by atoms with Gasteiger partial charge in [0.2, 0.25) is 0 Å². The fraction of sp³-hybridized carbons (Fsp3) is 0.364. The lowest BCUT2D eigenvalue weighted by molar-refractivity contribution is -0.144. The van der Waals surface area contributed by atoms with Crippen LogP contribution < -0.4 is 5.32 Å². The monoisotopic (exact) mass is 261 g/mol. The van der Waals surface area contributed by atoms with Gasteiger partial charge in [0.05, 0.1) is 17.2 Å². The number of halogens is 2. The predicted molar refractivity (Wildman–Crippen MR) is 66.2 cm³/mol. The summed E-state index contributed by atoms with van der Waals surface area (Å²) < 4.78 is 4.68. The molecule has 0 atom stereocenters. The quantitative estimate of drug-likeness (QED) is 0.849. The van der Waals surface area contributed by atoms with Crippen molar-refractivity contribution in [3.8, 4) is 0 Å². The first-order valence-corrected chi connectivity index (χ1v) is 5.44. The van der Waals surface area contributed by atoms with Gasteiger partial charge >= 0.3 is 5.97 Å². The molecule has 0 aliphatic rings. The number of hydrogen-bond donors (Lipinski definition) is 1. The van der Waals surface area contributed by atoms with Crippen LogP contribution in [0.5, 0.6) is 0 Å². The molecule has 0 radical (unpaired) electrons. The first kappa shape index (κ1) is 13.1. The predicted octanol–water partition coefficient (Wildman–Crippen LogP) is 3.36. The van der Waals surface area contributed by atoms with Crippen LogP contribution in [0.2, 0.25) is 10.0 Å². The Kier molecular flexibility index (Phi) is 4.05. The molecule has 0 aromatic heterocycles. The molecular formula is C11H13Cl2NO2. The van der Waals surface area contributed by atoms with E-state index < -0.39 is 5.54 Å². The fourth-order valence-electron chi connectivity index (χ4n) is 1.24. The zero-order chi connectivity index (χ0) is 12.3. The van der Waals surface area contributed by atoms with Crippen molar-refractivity contribution in [2.75, 3.05) is 12.4 Å². The number of carbonyl (C=O) groups excluding carboxylic acids is 1. The van der Waals surface area contributed by atoms with E-state index >= 15 is 0 Å². The van der Waals surface area contributed by atoms with E-state index in [1.54, 1.807) is 32.0 Å². The first-order valence-electron chi connectivity index (χ1n) is 4.68. The lowest BCUT2D eigenvalue weighted by Gasteiger charge is -2.24. The molecule has 0 bridgehead atoms. The maximum Gasteiger partial charge on any atom is 0.330 e. The lowest BCUT2D eigenvalue weighted by Crippen LogP contribution is -2.41. The Morgan fingerprint density at radius 2 is 1.94 bits per heavy atom. The van der Waals surface area contributed by atoms with Crippen LogP contribution in [0, 0.1) is 0 Å². The Morgan fingerprint density at radius 1 is 1.31 bits per heavy atom. The molecule has 0 spiro atoms. The number of benzene rings is 1. The summed E-state index contributed by atoms with van der Waals surface area (Å²) >= 11 is 11.7. The first-order chi connectivity index (χ1) is 7.36. The molecule has 0 saturated carbocycles. The fourth-order valence-corrected chi connectivity index (χ4v) is 1.54. The largest absolute Gasteiger partial charge is 0.467 e. The molecule has 3 nitrogen and oxygen atoms in total. The summed E-state index contributed by atoms with van der Waals surface area (Å²) in [6.07, 6.45) is 0. The van der Waals surface area contributed by atoms with Gasteiger partial charge in [-0.25, -0.2) is 4.79 Å². The van der Waals surface area contributed by atoms with Gasteiger partial charge in [-0.3, -0.25) is 0 Å². The van der Waals surface area contributed by atoms with Crippen LogP contribution in [0.25, 0.3) is 0 Å². The van der Waals surface area contributed by atoms with Crippen molar-refractivity contribution in [2.24, 2.45) is 0 Å². The molecule has 16 heavy (non-hydrogen) atoms. The topological polar surface area (TPSA) is 38.3 Å². The van der Waals surface area contributed by atoms with Crippen LogP contribution in [0.3, 0.4) is 0 Å². The van der Waals surface area contributed by atoms with Crippen molar-refractivity contribution in [2.45, 2.75) is 19.4 Å². The molecule has 0 heterocycles. The van der Waals surface area contributed by atoms with Gasteiger partial charge in [0.1, 0.15) is 5.54 Å². The molecule has 0 aliphatic heterocycles. The molecule has 1 aromatic rings. The molecule has 0 unspecified atom stereocenters. The van der Waals surface area contributed by atoms with E-state index in [-0.39, 0.29) is 5.97 Å². The maximum atomic E-state index is 11.4. The minimum atomic E-state index is -0.814. The highest BCUT2D eigenvalue weighted by Crippen LogP contribution is 2.26. The SMILES string of the molecule is COC(=O)C(C)(C)Nc1ccc(Cl)c(Cl)c1. The van der Waals surface area contributed by atoms with Crippen LogP contribution >= 0.6 is 23.2 Å². The lowest BCUT2D eigenvalue weighted by atomic mass is 10.1. The van der Waals surface area contributed by atoms with Gasteiger partial charge in [-0.05, 0) is 32.0 Å². The second-order valence-electron chi connectivity index (χ2n) is 3.87. The van der Waals surface area contributed by atoms with E-state index in [0.29, 0.717) is 15.7 Å². The van der Waals surface area contributed by atoms with Crippen molar-refractivity contribution >= 4 is 34.9 Å². The number of nitrogens with one attached hydrogen (secondary N) is 1. The van der Waals surface area contributed by atoms with Gasteiger partial charge in [-0.1, -0.05) is 23.2 Å². The van der Waals surface area contributed by atoms with E-state index in [2.05, 4.69) is 10.1 Å². The molecule has 0 amide bonds. The third-order valence-electron chi connectivity index (χ3n) is 2.07. The van der Waals surface area contributed by atoms with Crippen LogP contribution in [0.1, 0.15) is 13.8 Å². The van der Waals surface area contributed by atoms with Crippen molar-refractivity contribution in [1.82, 2.24) is 0 Å². The Morgan fingerprint density at radius 3 is 2.44 bits per heavy atom. The van der Waals surface area contributed by atoms with Crippen molar-refractivity contribution in [3.63, 3.8) is 0 Å². The number of anilines is 1.